The van der Waals surface area contributed by atoms with Crippen molar-refractivity contribution < 1.29 is 5.11 Å². The van der Waals surface area contributed by atoms with Crippen molar-refractivity contribution in [3.63, 3.8) is 0 Å². The number of phenols is 1. The third-order valence-electron chi connectivity index (χ3n) is 2.47. The van der Waals surface area contributed by atoms with Crippen LogP contribution in [-0.2, 0) is 0 Å². The third-order valence-corrected chi connectivity index (χ3v) is 2.47. The van der Waals surface area contributed by atoms with Gasteiger partial charge in [-0.25, -0.2) is 0 Å². The molecular formula is C13H19NO. The van der Waals surface area contributed by atoms with Crippen LogP contribution in [0, 0.1) is 6.92 Å². The van der Waals surface area contributed by atoms with Crippen LogP contribution in [0.2, 0.25) is 0 Å². The summed E-state index contributed by atoms with van der Waals surface area (Å²) in [6.45, 7) is 6.81. The molecule has 0 saturated carbocycles. The van der Waals surface area contributed by atoms with Gasteiger partial charge in [0.25, 0.3) is 0 Å². The quantitative estimate of drug-likeness (QED) is 0.797. The number of rotatable bonds is 3. The van der Waals surface area contributed by atoms with E-state index in [1.807, 2.05) is 31.2 Å². The zero-order chi connectivity index (χ0) is 11.4. The first kappa shape index (κ1) is 11.8. The number of nitrogens with two attached hydrogens (primary N) is 1. The van der Waals surface area contributed by atoms with Crippen LogP contribution in [0.3, 0.4) is 0 Å². The summed E-state index contributed by atoms with van der Waals surface area (Å²) in [7, 11) is 0. The number of hydrogen-bond donors (Lipinski definition) is 2. The summed E-state index contributed by atoms with van der Waals surface area (Å²) < 4.78 is 0. The lowest BCUT2D eigenvalue weighted by Gasteiger charge is -2.12. The fraction of sp³-hybridized carbons (Fsp3) is 0.385. The molecule has 0 spiro atoms. The van der Waals surface area contributed by atoms with Crippen LogP contribution < -0.4 is 5.73 Å². The van der Waals surface area contributed by atoms with Crippen LogP contribution in [0.4, 0.5) is 0 Å². The maximum absolute atomic E-state index is 9.73. The van der Waals surface area contributed by atoms with E-state index >= 15 is 0 Å². The van der Waals surface area contributed by atoms with Crippen molar-refractivity contribution in [2.75, 3.05) is 6.54 Å². The molecule has 0 fully saturated rings. The predicted octanol–water partition coefficient (Wildman–Crippen LogP) is 2.80. The zero-order valence-corrected chi connectivity index (χ0v) is 9.62. The molecular weight excluding hydrogens is 186 g/mol. The maximum atomic E-state index is 9.73. The largest absolute Gasteiger partial charge is 0.507 e. The molecule has 0 aliphatic rings. The molecule has 0 unspecified atom stereocenters. The molecule has 0 radical (unpaired) electrons. The molecule has 0 aromatic heterocycles. The standard InChI is InChI=1S/C13H19NO/c1-9(2)12-8-11(5-4-6-14)13(15)7-10(12)3/h4-5,7-9,15H,6,14H2,1-3H3/b5-4+. The van der Waals surface area contributed by atoms with E-state index in [0.29, 0.717) is 18.2 Å². The molecule has 82 valence electrons. The topological polar surface area (TPSA) is 46.2 Å². The fourth-order valence-corrected chi connectivity index (χ4v) is 1.68. The lowest BCUT2D eigenvalue weighted by Crippen LogP contribution is -1.94. The number of phenolic OH excluding ortho intramolecular Hbond substituents is 1. The number of aryl methyl sites for hydroxylation is 1. The molecule has 3 N–H and O–H groups in total. The minimum atomic E-state index is 0.321. The molecule has 15 heavy (non-hydrogen) atoms. The van der Waals surface area contributed by atoms with Crippen LogP contribution in [0.5, 0.6) is 5.75 Å². The van der Waals surface area contributed by atoms with Crippen LogP contribution >= 0.6 is 0 Å². The Morgan fingerprint density at radius 1 is 1.40 bits per heavy atom. The molecule has 1 aromatic rings. The Bertz CT molecular complexity index is 367. The van der Waals surface area contributed by atoms with E-state index in [0.717, 1.165) is 11.1 Å². The predicted molar refractivity (Wildman–Crippen MR) is 65.0 cm³/mol. The Balaban J connectivity index is 3.17. The first-order valence-corrected chi connectivity index (χ1v) is 5.26. The molecule has 1 rings (SSSR count). The summed E-state index contributed by atoms with van der Waals surface area (Å²) in [5, 5.41) is 9.73. The van der Waals surface area contributed by atoms with Gasteiger partial charge in [-0.3, -0.25) is 0 Å². The molecule has 0 aliphatic heterocycles. The first-order chi connectivity index (χ1) is 7.06. The zero-order valence-electron chi connectivity index (χ0n) is 9.62. The van der Waals surface area contributed by atoms with Crippen LogP contribution in [0.1, 0.15) is 36.5 Å². The summed E-state index contributed by atoms with van der Waals surface area (Å²) in [6.07, 6.45) is 3.70. The maximum Gasteiger partial charge on any atom is 0.123 e. The van der Waals surface area contributed by atoms with Crippen LogP contribution in [-0.4, -0.2) is 11.7 Å². The van der Waals surface area contributed by atoms with Gasteiger partial charge in [-0.05, 0) is 36.1 Å². The fourth-order valence-electron chi connectivity index (χ4n) is 1.68. The van der Waals surface area contributed by atoms with Crippen molar-refractivity contribution in [2.45, 2.75) is 26.7 Å². The normalized spacial score (nSPS) is 11.5. The minimum Gasteiger partial charge on any atom is -0.507 e. The second-order valence-corrected chi connectivity index (χ2v) is 4.06. The van der Waals surface area contributed by atoms with Crippen LogP contribution in [0.25, 0.3) is 6.08 Å². The molecule has 0 heterocycles. The summed E-state index contributed by atoms with van der Waals surface area (Å²) in [4.78, 5) is 0. The van der Waals surface area contributed by atoms with Crippen molar-refractivity contribution in [1.82, 2.24) is 0 Å². The van der Waals surface area contributed by atoms with Crippen molar-refractivity contribution in [2.24, 2.45) is 5.73 Å². The van der Waals surface area contributed by atoms with E-state index in [1.54, 1.807) is 0 Å². The van der Waals surface area contributed by atoms with Gasteiger partial charge in [0.05, 0.1) is 0 Å². The second-order valence-electron chi connectivity index (χ2n) is 4.06. The lowest BCUT2D eigenvalue weighted by molar-refractivity contribution is 0.473. The smallest absolute Gasteiger partial charge is 0.123 e. The average Bonchev–Trinajstić information content (AvgIpc) is 2.16. The molecule has 0 atom stereocenters. The van der Waals surface area contributed by atoms with Gasteiger partial charge in [-0.1, -0.05) is 26.0 Å². The van der Waals surface area contributed by atoms with Crippen molar-refractivity contribution >= 4 is 6.08 Å². The molecule has 0 bridgehead atoms. The second kappa shape index (κ2) is 4.99. The van der Waals surface area contributed by atoms with Gasteiger partial charge in [0.15, 0.2) is 0 Å². The molecule has 0 amide bonds. The highest BCUT2D eigenvalue weighted by Gasteiger charge is 2.07. The van der Waals surface area contributed by atoms with E-state index in [2.05, 4.69) is 13.8 Å². The minimum absolute atomic E-state index is 0.321. The monoisotopic (exact) mass is 205 g/mol. The number of hydrogen-bond acceptors (Lipinski definition) is 2. The SMILES string of the molecule is Cc1cc(O)c(/C=C/CN)cc1C(C)C. The number of benzene rings is 1. The van der Waals surface area contributed by atoms with Gasteiger partial charge in [0, 0.05) is 12.1 Å². The highest BCUT2D eigenvalue weighted by Crippen LogP contribution is 2.27. The Labute approximate surface area is 91.4 Å². The van der Waals surface area contributed by atoms with E-state index in [-0.39, 0.29) is 0 Å². The van der Waals surface area contributed by atoms with E-state index in [9.17, 15) is 5.11 Å². The summed E-state index contributed by atoms with van der Waals surface area (Å²) in [5.41, 5.74) is 8.63. The van der Waals surface area contributed by atoms with Gasteiger partial charge in [-0.15, -0.1) is 0 Å². The average molecular weight is 205 g/mol. The summed E-state index contributed by atoms with van der Waals surface area (Å²) >= 11 is 0. The summed E-state index contributed by atoms with van der Waals surface area (Å²) in [6, 6.07) is 3.84. The Morgan fingerprint density at radius 2 is 2.07 bits per heavy atom. The van der Waals surface area contributed by atoms with E-state index < -0.39 is 0 Å². The molecule has 2 heteroatoms. The molecule has 1 aromatic carbocycles. The van der Waals surface area contributed by atoms with Crippen molar-refractivity contribution in [3.05, 3.63) is 34.9 Å². The highest BCUT2D eigenvalue weighted by molar-refractivity contribution is 5.59. The molecule has 2 nitrogen and oxygen atoms in total. The first-order valence-electron chi connectivity index (χ1n) is 5.26. The van der Waals surface area contributed by atoms with Gasteiger partial charge in [0.2, 0.25) is 0 Å². The molecule has 0 aliphatic carbocycles. The number of aromatic hydroxyl groups is 1. The highest BCUT2D eigenvalue weighted by atomic mass is 16.3. The van der Waals surface area contributed by atoms with E-state index in [4.69, 9.17) is 5.73 Å². The Hall–Kier alpha value is -1.28. The van der Waals surface area contributed by atoms with Crippen molar-refractivity contribution in [3.8, 4) is 5.75 Å². The van der Waals surface area contributed by atoms with Crippen molar-refractivity contribution in [1.29, 1.82) is 0 Å². The van der Waals surface area contributed by atoms with Crippen LogP contribution in [0.15, 0.2) is 18.2 Å². The van der Waals surface area contributed by atoms with E-state index in [1.165, 1.54) is 5.56 Å². The Morgan fingerprint density at radius 3 is 2.60 bits per heavy atom. The lowest BCUT2D eigenvalue weighted by atomic mass is 9.95. The third kappa shape index (κ3) is 2.83. The van der Waals surface area contributed by atoms with Gasteiger partial charge in [-0.2, -0.15) is 0 Å². The molecule has 0 saturated heterocycles. The Kier molecular flexibility index (Phi) is 3.92. The van der Waals surface area contributed by atoms with Gasteiger partial charge in [0.1, 0.15) is 5.75 Å². The van der Waals surface area contributed by atoms with Gasteiger partial charge >= 0.3 is 0 Å². The summed E-state index contributed by atoms with van der Waals surface area (Å²) in [5.74, 6) is 0.789. The van der Waals surface area contributed by atoms with Gasteiger partial charge < -0.3 is 10.8 Å².